The number of carbonyl (C=O) groups is 1. The summed E-state index contributed by atoms with van der Waals surface area (Å²) in [7, 11) is 2.18. The molecule has 1 amide bonds. The number of hydrogen-bond acceptors (Lipinski definition) is 4. The molecule has 0 radical (unpaired) electrons. The van der Waals surface area contributed by atoms with Gasteiger partial charge in [-0.25, -0.2) is 4.98 Å². The zero-order valence-corrected chi connectivity index (χ0v) is 14.9. The lowest BCUT2D eigenvalue weighted by Gasteiger charge is -2.22. The van der Waals surface area contributed by atoms with Crippen molar-refractivity contribution in [3.05, 3.63) is 48.0 Å². The van der Waals surface area contributed by atoms with Gasteiger partial charge in [0.15, 0.2) is 0 Å². The number of primary amides is 1. The average Bonchev–Trinajstić information content (AvgIpc) is 2.97. The van der Waals surface area contributed by atoms with Crippen molar-refractivity contribution in [2.24, 2.45) is 5.73 Å². The molecule has 0 aliphatic carbocycles. The first-order valence-corrected chi connectivity index (χ1v) is 8.94. The van der Waals surface area contributed by atoms with Crippen LogP contribution < -0.4 is 10.6 Å². The van der Waals surface area contributed by atoms with Crippen LogP contribution in [0.4, 0.5) is 5.69 Å². The summed E-state index contributed by atoms with van der Waals surface area (Å²) in [5, 5.41) is 0. The lowest BCUT2D eigenvalue weighted by atomic mass is 10.2. The van der Waals surface area contributed by atoms with E-state index in [4.69, 9.17) is 5.73 Å². The summed E-state index contributed by atoms with van der Waals surface area (Å²) in [4.78, 5) is 24.3. The average molecular weight is 349 g/mol. The van der Waals surface area contributed by atoms with Gasteiger partial charge in [-0.3, -0.25) is 4.79 Å². The second-order valence-corrected chi connectivity index (χ2v) is 6.84. The Morgan fingerprint density at radius 2 is 1.88 bits per heavy atom. The van der Waals surface area contributed by atoms with E-state index in [1.807, 2.05) is 12.1 Å². The minimum Gasteiger partial charge on any atom is -0.370 e. The summed E-state index contributed by atoms with van der Waals surface area (Å²) in [5.74, 6) is 0.283. The molecule has 1 aliphatic rings. The maximum absolute atomic E-state index is 11.6. The number of fused-ring (bicyclic) bond motifs is 1. The molecule has 1 aliphatic heterocycles. The zero-order chi connectivity index (χ0) is 18.1. The first kappa shape index (κ1) is 16.6. The topological polar surface area (TPSA) is 78.2 Å². The molecular weight excluding hydrogens is 326 g/mol. The van der Waals surface area contributed by atoms with Gasteiger partial charge >= 0.3 is 0 Å². The molecule has 0 atom stereocenters. The van der Waals surface area contributed by atoms with Crippen LogP contribution in [-0.2, 0) is 0 Å². The van der Waals surface area contributed by atoms with Crippen molar-refractivity contribution in [3.63, 3.8) is 0 Å². The molecule has 0 spiro atoms. The van der Waals surface area contributed by atoms with Gasteiger partial charge in [0, 0.05) is 30.9 Å². The number of para-hydroxylation sites is 1. The summed E-state index contributed by atoms with van der Waals surface area (Å²) < 4.78 is 0. The van der Waals surface area contributed by atoms with Crippen LogP contribution in [0.1, 0.15) is 16.8 Å². The minimum absolute atomic E-state index is 0.440. The standard InChI is InChI=1S/C20H23N5O/c1-24-10-3-11-25(13-12-24)15-8-6-14(7-9-15)20-22-17-5-2-4-16(19(21)26)18(17)23-20/h2,4-9H,3,10-13H2,1H3,(H2,21,26)(H,22,23). The van der Waals surface area contributed by atoms with E-state index in [0.29, 0.717) is 11.1 Å². The van der Waals surface area contributed by atoms with Crippen LogP contribution in [-0.4, -0.2) is 54.0 Å². The molecule has 1 fully saturated rings. The fourth-order valence-corrected chi connectivity index (χ4v) is 3.50. The van der Waals surface area contributed by atoms with E-state index in [1.165, 1.54) is 12.1 Å². The number of anilines is 1. The van der Waals surface area contributed by atoms with Gasteiger partial charge in [0.05, 0.1) is 11.1 Å². The van der Waals surface area contributed by atoms with Gasteiger partial charge in [-0.15, -0.1) is 0 Å². The van der Waals surface area contributed by atoms with Crippen LogP contribution in [0.15, 0.2) is 42.5 Å². The molecule has 3 N–H and O–H groups in total. The number of aromatic amines is 1. The predicted molar refractivity (Wildman–Crippen MR) is 104 cm³/mol. The third-order valence-electron chi connectivity index (χ3n) is 5.00. The van der Waals surface area contributed by atoms with E-state index in [2.05, 4.69) is 51.1 Å². The number of nitrogens with zero attached hydrogens (tertiary/aromatic N) is 3. The Bertz CT molecular complexity index is 931. The maximum atomic E-state index is 11.6. The molecule has 4 rings (SSSR count). The number of rotatable bonds is 3. The van der Waals surface area contributed by atoms with Crippen molar-refractivity contribution in [2.75, 3.05) is 38.1 Å². The van der Waals surface area contributed by atoms with E-state index in [-0.39, 0.29) is 0 Å². The Morgan fingerprint density at radius 1 is 1.08 bits per heavy atom. The van der Waals surface area contributed by atoms with Gasteiger partial charge < -0.3 is 20.5 Å². The van der Waals surface area contributed by atoms with Gasteiger partial charge in [-0.2, -0.15) is 0 Å². The molecule has 6 heteroatoms. The minimum atomic E-state index is -0.463. The Balaban J connectivity index is 1.62. The highest BCUT2D eigenvalue weighted by molar-refractivity contribution is 6.04. The summed E-state index contributed by atoms with van der Waals surface area (Å²) in [6.45, 7) is 4.36. The first-order chi connectivity index (χ1) is 12.6. The number of aromatic nitrogens is 2. The molecule has 2 aromatic carbocycles. The van der Waals surface area contributed by atoms with Crippen LogP contribution in [0.3, 0.4) is 0 Å². The number of imidazole rings is 1. The number of hydrogen-bond donors (Lipinski definition) is 2. The molecule has 26 heavy (non-hydrogen) atoms. The fraction of sp³-hybridized carbons (Fsp3) is 0.300. The number of benzene rings is 2. The number of nitrogens with two attached hydrogens (primary N) is 1. The monoisotopic (exact) mass is 349 g/mol. The summed E-state index contributed by atoms with van der Waals surface area (Å²) >= 11 is 0. The number of carbonyl (C=O) groups excluding carboxylic acids is 1. The van der Waals surface area contributed by atoms with Crippen LogP contribution >= 0.6 is 0 Å². The highest BCUT2D eigenvalue weighted by Crippen LogP contribution is 2.25. The number of H-pyrrole nitrogens is 1. The lowest BCUT2D eigenvalue weighted by Crippen LogP contribution is -2.28. The van der Waals surface area contributed by atoms with Crippen molar-refractivity contribution in [1.29, 1.82) is 0 Å². The summed E-state index contributed by atoms with van der Waals surface area (Å²) in [6, 6.07) is 13.8. The molecule has 2 heterocycles. The molecule has 0 bridgehead atoms. The van der Waals surface area contributed by atoms with Crippen molar-refractivity contribution in [2.45, 2.75) is 6.42 Å². The molecular formula is C20H23N5O. The smallest absolute Gasteiger partial charge is 0.250 e. The Kier molecular flexibility index (Phi) is 4.34. The van der Waals surface area contributed by atoms with Gasteiger partial charge in [-0.05, 0) is 56.4 Å². The SMILES string of the molecule is CN1CCCN(c2ccc(-c3nc4c(C(N)=O)cccc4[nH]3)cc2)CC1. The molecule has 1 saturated heterocycles. The molecule has 6 nitrogen and oxygen atoms in total. The van der Waals surface area contributed by atoms with Crippen molar-refractivity contribution in [3.8, 4) is 11.4 Å². The Morgan fingerprint density at radius 3 is 2.65 bits per heavy atom. The largest absolute Gasteiger partial charge is 0.370 e. The van der Waals surface area contributed by atoms with Crippen LogP contribution in [0, 0.1) is 0 Å². The predicted octanol–water partition coefficient (Wildman–Crippen LogP) is 2.47. The van der Waals surface area contributed by atoms with Gasteiger partial charge in [0.25, 0.3) is 5.91 Å². The highest BCUT2D eigenvalue weighted by Gasteiger charge is 2.14. The lowest BCUT2D eigenvalue weighted by molar-refractivity contribution is 0.100. The molecule has 0 saturated carbocycles. The van der Waals surface area contributed by atoms with Crippen molar-refractivity contribution >= 4 is 22.6 Å². The Labute approximate surface area is 152 Å². The maximum Gasteiger partial charge on any atom is 0.250 e. The summed E-state index contributed by atoms with van der Waals surface area (Å²) in [5.41, 5.74) is 9.55. The molecule has 3 aromatic rings. The van der Waals surface area contributed by atoms with Crippen LogP contribution in [0.2, 0.25) is 0 Å². The highest BCUT2D eigenvalue weighted by atomic mass is 16.1. The number of likely N-dealkylation sites (N-methyl/N-ethyl adjacent to an activating group) is 1. The number of nitrogens with one attached hydrogen (secondary N) is 1. The second-order valence-electron chi connectivity index (χ2n) is 6.84. The van der Waals surface area contributed by atoms with Gasteiger partial charge in [0.1, 0.15) is 11.3 Å². The van der Waals surface area contributed by atoms with Crippen molar-refractivity contribution < 1.29 is 4.79 Å². The normalized spacial score (nSPS) is 16.0. The fourth-order valence-electron chi connectivity index (χ4n) is 3.50. The van der Waals surface area contributed by atoms with Crippen LogP contribution in [0.5, 0.6) is 0 Å². The molecule has 1 aromatic heterocycles. The summed E-state index contributed by atoms with van der Waals surface area (Å²) in [6.07, 6.45) is 1.18. The second kappa shape index (κ2) is 6.80. The zero-order valence-electron chi connectivity index (χ0n) is 14.9. The van der Waals surface area contributed by atoms with E-state index >= 15 is 0 Å². The van der Waals surface area contributed by atoms with E-state index in [0.717, 1.165) is 43.1 Å². The Hall–Kier alpha value is -2.86. The first-order valence-electron chi connectivity index (χ1n) is 8.94. The van der Waals surface area contributed by atoms with E-state index < -0.39 is 5.91 Å². The van der Waals surface area contributed by atoms with Crippen molar-refractivity contribution in [1.82, 2.24) is 14.9 Å². The third-order valence-corrected chi connectivity index (χ3v) is 5.00. The van der Waals surface area contributed by atoms with Crippen LogP contribution in [0.25, 0.3) is 22.4 Å². The quantitative estimate of drug-likeness (QED) is 0.761. The van der Waals surface area contributed by atoms with E-state index in [9.17, 15) is 4.79 Å². The van der Waals surface area contributed by atoms with Gasteiger partial charge in [-0.1, -0.05) is 6.07 Å². The number of amides is 1. The molecule has 134 valence electrons. The van der Waals surface area contributed by atoms with E-state index in [1.54, 1.807) is 6.07 Å². The molecule has 0 unspecified atom stereocenters. The third kappa shape index (κ3) is 3.15. The van der Waals surface area contributed by atoms with Gasteiger partial charge in [0.2, 0.25) is 0 Å².